The highest BCUT2D eigenvalue weighted by Gasteiger charge is 2.64. The Morgan fingerprint density at radius 2 is 1.60 bits per heavy atom. The van der Waals surface area contributed by atoms with E-state index in [1.54, 1.807) is 42.5 Å². The van der Waals surface area contributed by atoms with Gasteiger partial charge in [0.05, 0.1) is 27.6 Å². The smallest absolute Gasteiger partial charge is 0.255 e. The van der Waals surface area contributed by atoms with Crippen molar-refractivity contribution < 1.29 is 14.4 Å². The number of benzene rings is 3. The summed E-state index contributed by atoms with van der Waals surface area (Å²) in [6, 6.07) is 21.8. The highest BCUT2D eigenvalue weighted by molar-refractivity contribution is 6.42. The van der Waals surface area contributed by atoms with E-state index in [-0.39, 0.29) is 41.4 Å². The number of hydrogen-bond acceptors (Lipinski definition) is 3. The summed E-state index contributed by atoms with van der Waals surface area (Å²) in [5.41, 5.74) is 2.53. The molecule has 7 heteroatoms. The van der Waals surface area contributed by atoms with Crippen molar-refractivity contribution in [3.63, 3.8) is 0 Å². The SMILES string of the molecule is O=C(Nc1ccc(Cl)c(Cl)c1)c1cccc(N2C(=O)[C@@H]3[C@@H]4C[C@@H]([C@H]3C2=O)[C@@H](c2ccccc2)C4)c1. The van der Waals surface area contributed by atoms with Crippen LogP contribution in [0.3, 0.4) is 0 Å². The average Bonchev–Trinajstić information content (AvgIpc) is 3.53. The van der Waals surface area contributed by atoms with Gasteiger partial charge in [0.25, 0.3) is 5.91 Å². The second-order valence-electron chi connectivity index (χ2n) is 9.61. The lowest BCUT2D eigenvalue weighted by Gasteiger charge is -2.28. The Bertz CT molecular complexity index is 1360. The van der Waals surface area contributed by atoms with Crippen LogP contribution in [-0.2, 0) is 9.59 Å². The number of halogens is 2. The summed E-state index contributed by atoms with van der Waals surface area (Å²) in [5.74, 6) is -0.499. The van der Waals surface area contributed by atoms with E-state index >= 15 is 0 Å². The Hall–Kier alpha value is -3.15. The fourth-order valence-electron chi connectivity index (χ4n) is 6.36. The first-order valence-electron chi connectivity index (χ1n) is 11.7. The van der Waals surface area contributed by atoms with Crippen molar-refractivity contribution >= 4 is 52.3 Å². The van der Waals surface area contributed by atoms with Crippen LogP contribution in [0.5, 0.6) is 0 Å². The van der Waals surface area contributed by atoms with E-state index < -0.39 is 0 Å². The van der Waals surface area contributed by atoms with Crippen LogP contribution in [0, 0.1) is 23.7 Å². The van der Waals surface area contributed by atoms with E-state index in [0.717, 1.165) is 12.8 Å². The molecule has 1 saturated heterocycles. The number of nitrogens with zero attached hydrogens (tertiary/aromatic N) is 1. The molecule has 1 N–H and O–H groups in total. The van der Waals surface area contributed by atoms with Gasteiger partial charge in [0, 0.05) is 11.3 Å². The quantitative estimate of drug-likeness (QED) is 0.431. The molecule has 35 heavy (non-hydrogen) atoms. The topological polar surface area (TPSA) is 66.5 Å². The predicted molar refractivity (Wildman–Crippen MR) is 136 cm³/mol. The predicted octanol–water partition coefficient (Wildman–Crippen LogP) is 6.17. The fraction of sp³-hybridized carbons (Fsp3) is 0.250. The molecule has 5 atom stereocenters. The fourth-order valence-corrected chi connectivity index (χ4v) is 6.66. The van der Waals surface area contributed by atoms with Crippen molar-refractivity contribution in [2.45, 2.75) is 18.8 Å². The lowest BCUT2D eigenvalue weighted by atomic mass is 9.73. The Balaban J connectivity index is 1.25. The molecule has 3 amide bonds. The zero-order chi connectivity index (χ0) is 24.3. The molecule has 2 bridgehead atoms. The third-order valence-corrected chi connectivity index (χ3v) is 8.53. The summed E-state index contributed by atoms with van der Waals surface area (Å²) >= 11 is 12.0. The molecule has 3 aliphatic rings. The summed E-state index contributed by atoms with van der Waals surface area (Å²) < 4.78 is 0. The number of carbonyl (C=O) groups is 3. The highest BCUT2D eigenvalue weighted by atomic mass is 35.5. The monoisotopic (exact) mass is 504 g/mol. The van der Waals surface area contributed by atoms with Crippen LogP contribution in [0.2, 0.25) is 10.0 Å². The number of fused-ring (bicyclic) bond motifs is 5. The van der Waals surface area contributed by atoms with Gasteiger partial charge < -0.3 is 5.32 Å². The van der Waals surface area contributed by atoms with Crippen molar-refractivity contribution in [1.82, 2.24) is 0 Å². The first-order chi connectivity index (χ1) is 16.9. The molecule has 3 aromatic rings. The molecule has 2 saturated carbocycles. The molecule has 0 spiro atoms. The minimum atomic E-state index is -0.367. The molecule has 1 aliphatic heterocycles. The highest BCUT2D eigenvalue weighted by Crippen LogP contribution is 2.61. The third-order valence-electron chi connectivity index (χ3n) is 7.79. The van der Waals surface area contributed by atoms with Crippen molar-refractivity contribution in [1.29, 1.82) is 0 Å². The van der Waals surface area contributed by atoms with E-state index in [4.69, 9.17) is 23.2 Å². The molecule has 0 radical (unpaired) electrons. The molecular formula is C28H22Cl2N2O3. The van der Waals surface area contributed by atoms with E-state index in [1.165, 1.54) is 10.5 Å². The molecule has 3 aromatic carbocycles. The summed E-state index contributed by atoms with van der Waals surface area (Å²) in [4.78, 5) is 41.2. The largest absolute Gasteiger partial charge is 0.322 e. The summed E-state index contributed by atoms with van der Waals surface area (Å²) in [6.45, 7) is 0. The molecule has 0 unspecified atom stereocenters. The van der Waals surface area contributed by atoms with Crippen LogP contribution in [0.25, 0.3) is 0 Å². The second-order valence-corrected chi connectivity index (χ2v) is 10.4. The molecule has 5 nitrogen and oxygen atoms in total. The number of nitrogens with one attached hydrogen (secondary N) is 1. The number of imide groups is 1. The maximum Gasteiger partial charge on any atom is 0.255 e. The molecule has 1 heterocycles. The number of hydrogen-bond donors (Lipinski definition) is 1. The van der Waals surface area contributed by atoms with E-state index in [9.17, 15) is 14.4 Å². The van der Waals surface area contributed by atoms with Crippen molar-refractivity contribution in [2.24, 2.45) is 23.7 Å². The van der Waals surface area contributed by atoms with Crippen LogP contribution in [0.1, 0.15) is 34.7 Å². The Labute approximate surface area is 213 Å². The minimum Gasteiger partial charge on any atom is -0.322 e. The van der Waals surface area contributed by atoms with Gasteiger partial charge >= 0.3 is 0 Å². The van der Waals surface area contributed by atoms with Gasteiger partial charge in [0.2, 0.25) is 11.8 Å². The summed E-state index contributed by atoms with van der Waals surface area (Å²) in [5, 5.41) is 3.51. The van der Waals surface area contributed by atoms with Crippen LogP contribution < -0.4 is 10.2 Å². The van der Waals surface area contributed by atoms with Gasteiger partial charge in [-0.3, -0.25) is 19.3 Å². The van der Waals surface area contributed by atoms with Gasteiger partial charge in [-0.1, -0.05) is 59.6 Å². The average molecular weight is 505 g/mol. The van der Waals surface area contributed by atoms with E-state index in [0.29, 0.717) is 32.9 Å². The van der Waals surface area contributed by atoms with E-state index in [1.807, 2.05) is 18.2 Å². The van der Waals surface area contributed by atoms with Gasteiger partial charge in [0.15, 0.2) is 0 Å². The van der Waals surface area contributed by atoms with Gasteiger partial charge in [-0.2, -0.15) is 0 Å². The number of rotatable bonds is 4. The van der Waals surface area contributed by atoms with Gasteiger partial charge in [-0.15, -0.1) is 0 Å². The summed E-state index contributed by atoms with van der Waals surface area (Å²) in [7, 11) is 0. The standard InChI is InChI=1S/C28H22Cl2N2O3/c29-22-10-9-18(14-23(22)30)31-26(33)16-7-4-8-19(11-16)32-27(34)24-17-12-20(15-5-2-1-3-6-15)21(13-17)25(24)28(32)35/h1-11,14,17,20-21,24-25H,12-13H2,(H,31,33)/t17-,20+,21+,24+,25+/m0/s1. The van der Waals surface area contributed by atoms with Crippen molar-refractivity contribution in [2.75, 3.05) is 10.2 Å². The zero-order valence-corrected chi connectivity index (χ0v) is 20.2. The molecule has 3 fully saturated rings. The van der Waals surface area contributed by atoms with Gasteiger partial charge in [0.1, 0.15) is 0 Å². The molecular weight excluding hydrogens is 483 g/mol. The maximum absolute atomic E-state index is 13.6. The zero-order valence-electron chi connectivity index (χ0n) is 18.7. The Morgan fingerprint density at radius 1 is 0.829 bits per heavy atom. The Morgan fingerprint density at radius 3 is 2.37 bits per heavy atom. The lowest BCUT2D eigenvalue weighted by Crippen LogP contribution is -2.33. The van der Waals surface area contributed by atoms with Gasteiger partial charge in [-0.05, 0) is 72.6 Å². The van der Waals surface area contributed by atoms with Gasteiger partial charge in [-0.25, -0.2) is 0 Å². The van der Waals surface area contributed by atoms with Crippen LogP contribution in [0.15, 0.2) is 72.8 Å². The molecule has 6 rings (SSSR count). The van der Waals surface area contributed by atoms with Crippen LogP contribution in [0.4, 0.5) is 11.4 Å². The van der Waals surface area contributed by atoms with E-state index in [2.05, 4.69) is 17.4 Å². The normalized spacial score (nSPS) is 26.8. The van der Waals surface area contributed by atoms with Crippen LogP contribution >= 0.6 is 23.2 Å². The molecule has 2 aliphatic carbocycles. The number of anilines is 2. The van der Waals surface area contributed by atoms with Crippen LogP contribution in [-0.4, -0.2) is 17.7 Å². The van der Waals surface area contributed by atoms with Crippen molar-refractivity contribution in [3.8, 4) is 0 Å². The number of carbonyl (C=O) groups excluding carboxylic acids is 3. The maximum atomic E-state index is 13.6. The lowest BCUT2D eigenvalue weighted by molar-refractivity contribution is -0.123. The molecule has 176 valence electrons. The second kappa shape index (κ2) is 8.51. The minimum absolute atomic E-state index is 0.138. The first-order valence-corrected chi connectivity index (χ1v) is 12.5. The number of amides is 3. The third kappa shape index (κ3) is 3.65. The Kier molecular flexibility index (Phi) is 5.42. The first kappa shape index (κ1) is 22.3. The van der Waals surface area contributed by atoms with Crippen molar-refractivity contribution in [3.05, 3.63) is 94.0 Å². The summed E-state index contributed by atoms with van der Waals surface area (Å²) in [6.07, 6.45) is 1.86. The molecule has 0 aromatic heterocycles.